The Labute approximate surface area is 80.0 Å². The minimum atomic E-state index is -1.17. The molecule has 0 saturated carbocycles. The van der Waals surface area contributed by atoms with Gasteiger partial charge in [0.1, 0.15) is 11.3 Å². The van der Waals surface area contributed by atoms with Gasteiger partial charge in [0.15, 0.2) is 0 Å². The summed E-state index contributed by atoms with van der Waals surface area (Å²) in [5.74, 6) is -1.48. The van der Waals surface area contributed by atoms with Crippen LogP contribution in [0.25, 0.3) is 0 Å². The molecule has 0 spiro atoms. The van der Waals surface area contributed by atoms with Gasteiger partial charge in [-0.15, -0.1) is 12.4 Å². The van der Waals surface area contributed by atoms with Crippen molar-refractivity contribution in [3.05, 3.63) is 28.8 Å². The Morgan fingerprint density at radius 3 is 2.42 bits per heavy atom. The summed E-state index contributed by atoms with van der Waals surface area (Å²) in [6.07, 6.45) is 0. The summed E-state index contributed by atoms with van der Waals surface area (Å²) < 4.78 is 0. The van der Waals surface area contributed by atoms with Crippen LogP contribution >= 0.6 is 24.0 Å². The van der Waals surface area contributed by atoms with Crippen LogP contribution in [0.4, 0.5) is 0 Å². The first-order valence-corrected chi connectivity index (χ1v) is 3.21. The molecule has 12 heavy (non-hydrogen) atoms. The predicted molar refractivity (Wildman–Crippen MR) is 47.3 cm³/mol. The van der Waals surface area contributed by atoms with Gasteiger partial charge in [0.05, 0.1) is 0 Å². The van der Waals surface area contributed by atoms with Gasteiger partial charge in [0, 0.05) is 5.02 Å². The molecule has 0 fully saturated rings. The van der Waals surface area contributed by atoms with Crippen LogP contribution in [-0.4, -0.2) is 16.2 Å². The van der Waals surface area contributed by atoms with Gasteiger partial charge in [0.25, 0.3) is 0 Å². The van der Waals surface area contributed by atoms with Crippen molar-refractivity contribution in [1.82, 2.24) is 0 Å². The van der Waals surface area contributed by atoms with Crippen molar-refractivity contribution >= 4 is 30.0 Å². The summed E-state index contributed by atoms with van der Waals surface area (Å²) in [7, 11) is 0. The highest BCUT2D eigenvalue weighted by Gasteiger charge is 2.08. The number of phenols is 1. The van der Waals surface area contributed by atoms with Crippen LogP contribution in [0.3, 0.4) is 0 Å². The lowest BCUT2D eigenvalue weighted by atomic mass is 10.2. The molecule has 0 bridgehead atoms. The molecule has 0 atom stereocenters. The minimum absolute atomic E-state index is 0. The van der Waals surface area contributed by atoms with Crippen molar-refractivity contribution in [2.24, 2.45) is 0 Å². The zero-order valence-electron chi connectivity index (χ0n) is 5.82. The van der Waals surface area contributed by atoms with Gasteiger partial charge in [-0.1, -0.05) is 11.6 Å². The lowest BCUT2D eigenvalue weighted by Crippen LogP contribution is -1.95. The molecule has 5 heteroatoms. The number of benzene rings is 1. The molecule has 2 N–H and O–H groups in total. The van der Waals surface area contributed by atoms with E-state index in [9.17, 15) is 4.79 Å². The van der Waals surface area contributed by atoms with E-state index in [1.165, 1.54) is 18.2 Å². The molecule has 66 valence electrons. The van der Waals surface area contributed by atoms with Crippen molar-refractivity contribution in [3.63, 3.8) is 0 Å². The maximum atomic E-state index is 10.3. The topological polar surface area (TPSA) is 57.5 Å². The van der Waals surface area contributed by atoms with Crippen LogP contribution in [0.2, 0.25) is 5.02 Å². The van der Waals surface area contributed by atoms with Gasteiger partial charge in [-0.2, -0.15) is 0 Å². The maximum absolute atomic E-state index is 10.3. The lowest BCUT2D eigenvalue weighted by Gasteiger charge is -1.97. The van der Waals surface area contributed by atoms with E-state index < -0.39 is 5.97 Å². The van der Waals surface area contributed by atoms with Crippen LogP contribution in [0.15, 0.2) is 18.2 Å². The molecule has 0 aliphatic heterocycles. The fraction of sp³-hybridized carbons (Fsp3) is 0. The van der Waals surface area contributed by atoms with E-state index in [4.69, 9.17) is 21.8 Å². The van der Waals surface area contributed by atoms with Crippen molar-refractivity contribution in [1.29, 1.82) is 0 Å². The molecule has 1 aromatic rings. The van der Waals surface area contributed by atoms with Crippen molar-refractivity contribution < 1.29 is 15.0 Å². The van der Waals surface area contributed by atoms with E-state index >= 15 is 0 Å². The van der Waals surface area contributed by atoms with Gasteiger partial charge < -0.3 is 10.2 Å². The van der Waals surface area contributed by atoms with Crippen LogP contribution in [-0.2, 0) is 0 Å². The number of carbonyl (C=O) groups is 1. The summed E-state index contributed by atoms with van der Waals surface area (Å²) in [5, 5.41) is 17.8. The molecule has 0 unspecified atom stereocenters. The van der Waals surface area contributed by atoms with E-state index in [0.29, 0.717) is 5.02 Å². The summed E-state index contributed by atoms with van der Waals surface area (Å²) >= 11 is 5.47. The zero-order chi connectivity index (χ0) is 8.43. The molecular weight excluding hydrogens is 203 g/mol. The third-order valence-corrected chi connectivity index (χ3v) is 1.43. The van der Waals surface area contributed by atoms with Crippen molar-refractivity contribution in [2.45, 2.75) is 0 Å². The molecule has 1 aromatic carbocycles. The third kappa shape index (κ3) is 2.29. The maximum Gasteiger partial charge on any atom is 0.339 e. The van der Waals surface area contributed by atoms with Crippen LogP contribution in [0.5, 0.6) is 5.75 Å². The highest BCUT2D eigenvalue weighted by atomic mass is 35.5. The molecule has 0 aromatic heterocycles. The normalized spacial score (nSPS) is 8.75. The first-order valence-electron chi connectivity index (χ1n) is 2.83. The zero-order valence-corrected chi connectivity index (χ0v) is 7.39. The SMILES string of the molecule is Cl.O=C(O)c1ccc(Cl)cc1O. The summed E-state index contributed by atoms with van der Waals surface area (Å²) in [6.45, 7) is 0. The average Bonchev–Trinajstić information content (AvgIpc) is 1.85. The number of hydrogen-bond donors (Lipinski definition) is 2. The van der Waals surface area contributed by atoms with E-state index in [0.717, 1.165) is 0 Å². The molecule has 0 aliphatic rings. The number of carboxylic acids is 1. The number of hydrogen-bond acceptors (Lipinski definition) is 2. The molecule has 0 heterocycles. The monoisotopic (exact) mass is 208 g/mol. The number of carboxylic acid groups (broad SMARTS) is 1. The molecule has 0 aliphatic carbocycles. The van der Waals surface area contributed by atoms with Crippen LogP contribution in [0.1, 0.15) is 10.4 Å². The number of aromatic carboxylic acids is 1. The fourth-order valence-corrected chi connectivity index (χ4v) is 0.852. The van der Waals surface area contributed by atoms with Crippen LogP contribution in [0, 0.1) is 0 Å². The number of halogens is 2. The predicted octanol–water partition coefficient (Wildman–Crippen LogP) is 2.17. The molecule has 1 rings (SSSR count). The van der Waals surface area contributed by atoms with E-state index in [1.807, 2.05) is 0 Å². The van der Waals surface area contributed by atoms with Crippen molar-refractivity contribution in [3.8, 4) is 5.75 Å². The summed E-state index contributed by atoms with van der Waals surface area (Å²) in [5.41, 5.74) is -0.144. The number of aromatic hydroxyl groups is 1. The smallest absolute Gasteiger partial charge is 0.339 e. The van der Waals surface area contributed by atoms with Crippen LogP contribution < -0.4 is 0 Å². The largest absolute Gasteiger partial charge is 0.507 e. The molecular formula is C7H6Cl2O3. The quantitative estimate of drug-likeness (QED) is 0.744. The third-order valence-electron chi connectivity index (χ3n) is 1.19. The Bertz CT molecular complexity index is 299. The van der Waals surface area contributed by atoms with Gasteiger partial charge >= 0.3 is 5.97 Å². The molecule has 0 amide bonds. The second kappa shape index (κ2) is 4.18. The first-order chi connectivity index (χ1) is 5.11. The Morgan fingerprint density at radius 2 is 2.00 bits per heavy atom. The Morgan fingerprint density at radius 1 is 1.42 bits per heavy atom. The average molecular weight is 209 g/mol. The first kappa shape index (κ1) is 11.1. The second-order valence-corrected chi connectivity index (χ2v) is 2.40. The van der Waals surface area contributed by atoms with Gasteiger partial charge in [-0.25, -0.2) is 4.79 Å². The molecule has 3 nitrogen and oxygen atoms in total. The fourth-order valence-electron chi connectivity index (χ4n) is 0.686. The van der Waals surface area contributed by atoms with Gasteiger partial charge in [-0.3, -0.25) is 0 Å². The van der Waals surface area contributed by atoms with E-state index in [1.54, 1.807) is 0 Å². The molecule has 0 saturated heterocycles. The minimum Gasteiger partial charge on any atom is -0.507 e. The standard InChI is InChI=1S/C7H5ClO3.ClH/c8-4-1-2-5(7(10)11)6(9)3-4;/h1-3,9H,(H,10,11);1H. The second-order valence-electron chi connectivity index (χ2n) is 1.97. The van der Waals surface area contributed by atoms with E-state index in [-0.39, 0.29) is 23.7 Å². The highest BCUT2D eigenvalue weighted by Crippen LogP contribution is 2.21. The molecule has 0 radical (unpaired) electrons. The Kier molecular flexibility index (Phi) is 3.86. The van der Waals surface area contributed by atoms with Crippen molar-refractivity contribution in [2.75, 3.05) is 0 Å². The number of rotatable bonds is 1. The summed E-state index contributed by atoms with van der Waals surface area (Å²) in [6, 6.07) is 3.84. The Balaban J connectivity index is 0.00000121. The Hall–Kier alpha value is -0.930. The lowest BCUT2D eigenvalue weighted by molar-refractivity contribution is 0.0694. The highest BCUT2D eigenvalue weighted by molar-refractivity contribution is 6.30. The van der Waals surface area contributed by atoms with Gasteiger partial charge in [-0.05, 0) is 18.2 Å². The van der Waals surface area contributed by atoms with E-state index in [2.05, 4.69) is 0 Å². The summed E-state index contributed by atoms with van der Waals surface area (Å²) in [4.78, 5) is 10.3. The van der Waals surface area contributed by atoms with Gasteiger partial charge in [0.2, 0.25) is 0 Å².